The molecule has 0 saturated carbocycles. The second-order valence-electron chi connectivity index (χ2n) is 4.86. The van der Waals surface area contributed by atoms with Crippen LogP contribution in [0.2, 0.25) is 0 Å². The van der Waals surface area contributed by atoms with E-state index in [1.54, 1.807) is 6.07 Å². The Morgan fingerprint density at radius 3 is 2.61 bits per heavy atom. The molecule has 7 nitrogen and oxygen atoms in total. The molecule has 0 radical (unpaired) electrons. The number of nitrogens with zero attached hydrogens (tertiary/aromatic N) is 2. The zero-order valence-electron chi connectivity index (χ0n) is 12.2. The van der Waals surface area contributed by atoms with Gasteiger partial charge in [0.1, 0.15) is 5.82 Å². The Morgan fingerprint density at radius 1 is 1.26 bits per heavy atom. The first-order valence-electron chi connectivity index (χ1n) is 6.70. The number of aromatic nitrogens is 2. The number of halogens is 1. The molecule has 0 aliphatic carbocycles. The largest absolute Gasteiger partial charge is 0.294 e. The first kappa shape index (κ1) is 16.8. The third-order valence-corrected chi connectivity index (χ3v) is 4.30. The van der Waals surface area contributed by atoms with Crippen LogP contribution in [0, 0.1) is 11.7 Å². The molecular formula is C14H15FN4O3S. The minimum absolute atomic E-state index is 0.0971. The predicted octanol–water partition coefficient (Wildman–Crippen LogP) is 1.63. The molecule has 1 aromatic carbocycles. The van der Waals surface area contributed by atoms with Gasteiger partial charge in [0.15, 0.2) is 0 Å². The van der Waals surface area contributed by atoms with Gasteiger partial charge in [0.05, 0.1) is 17.4 Å². The highest BCUT2D eigenvalue weighted by Crippen LogP contribution is 2.13. The number of nitrogens with one attached hydrogen (secondary N) is 2. The molecule has 0 aliphatic heterocycles. The first-order chi connectivity index (χ1) is 10.9. The predicted molar refractivity (Wildman–Crippen MR) is 83.6 cm³/mol. The summed E-state index contributed by atoms with van der Waals surface area (Å²) in [5.41, 5.74) is 0.101. The van der Waals surface area contributed by atoms with Crippen molar-refractivity contribution in [1.82, 2.24) is 9.97 Å². The molecule has 23 heavy (non-hydrogen) atoms. The van der Waals surface area contributed by atoms with Gasteiger partial charge in [-0.2, -0.15) is 0 Å². The Hall–Kier alpha value is -2.55. The highest BCUT2D eigenvalue weighted by molar-refractivity contribution is 7.92. The maximum atomic E-state index is 13.1. The molecule has 2 N–H and O–H groups in total. The number of benzene rings is 1. The van der Waals surface area contributed by atoms with Crippen LogP contribution >= 0.6 is 0 Å². The summed E-state index contributed by atoms with van der Waals surface area (Å²) in [6.07, 6.45) is 2.91. The molecule has 1 atom stereocenters. The van der Waals surface area contributed by atoms with Gasteiger partial charge in [-0.25, -0.2) is 22.8 Å². The van der Waals surface area contributed by atoms with E-state index in [1.807, 2.05) is 0 Å². The zero-order chi connectivity index (χ0) is 16.9. The van der Waals surface area contributed by atoms with Crippen molar-refractivity contribution < 1.29 is 17.6 Å². The van der Waals surface area contributed by atoms with Crippen LogP contribution in [0.25, 0.3) is 0 Å². The van der Waals surface area contributed by atoms with Crippen LogP contribution in [0.15, 0.2) is 42.7 Å². The summed E-state index contributed by atoms with van der Waals surface area (Å²) in [6.45, 7) is 1.46. The van der Waals surface area contributed by atoms with Gasteiger partial charge in [-0.3, -0.25) is 14.8 Å². The fourth-order valence-corrected chi connectivity index (χ4v) is 3.15. The summed E-state index contributed by atoms with van der Waals surface area (Å²) in [5, 5.41) is 2.42. The quantitative estimate of drug-likeness (QED) is 0.834. The van der Waals surface area contributed by atoms with Crippen molar-refractivity contribution in [3.63, 3.8) is 0 Å². The normalized spacial score (nSPS) is 12.4. The Morgan fingerprint density at radius 2 is 1.96 bits per heavy atom. The van der Waals surface area contributed by atoms with Crippen molar-refractivity contribution in [2.75, 3.05) is 15.8 Å². The topological polar surface area (TPSA) is 101 Å². The molecule has 122 valence electrons. The molecule has 0 fully saturated rings. The van der Waals surface area contributed by atoms with E-state index in [2.05, 4.69) is 20.0 Å². The average Bonchev–Trinajstić information content (AvgIpc) is 2.47. The molecule has 1 aromatic heterocycles. The standard InChI is InChI=1S/C14H15FN4O3S/c1-10(13(20)18-14-16-6-3-7-17-14)9-23(21,22)19-12-5-2-4-11(15)8-12/h2-8,10,19H,9H2,1H3,(H,16,17,18,20). The molecule has 0 aliphatic rings. The highest BCUT2D eigenvalue weighted by atomic mass is 32.2. The maximum Gasteiger partial charge on any atom is 0.233 e. The average molecular weight is 338 g/mol. The van der Waals surface area contributed by atoms with Crippen LogP contribution in [0.5, 0.6) is 0 Å². The summed E-state index contributed by atoms with van der Waals surface area (Å²) < 4.78 is 39.4. The van der Waals surface area contributed by atoms with Gasteiger partial charge in [0.25, 0.3) is 0 Å². The van der Waals surface area contributed by atoms with Crippen molar-refractivity contribution in [2.45, 2.75) is 6.92 Å². The van der Waals surface area contributed by atoms with E-state index in [4.69, 9.17) is 0 Å². The number of anilines is 2. The lowest BCUT2D eigenvalue weighted by molar-refractivity contribution is -0.118. The minimum atomic E-state index is -3.81. The molecule has 1 heterocycles. The number of amides is 1. The molecule has 0 spiro atoms. The number of hydrogen-bond acceptors (Lipinski definition) is 5. The minimum Gasteiger partial charge on any atom is -0.294 e. The lowest BCUT2D eigenvalue weighted by Crippen LogP contribution is -2.30. The number of carbonyl (C=O) groups is 1. The van der Waals surface area contributed by atoms with E-state index in [9.17, 15) is 17.6 Å². The van der Waals surface area contributed by atoms with Crippen LogP contribution in [0.1, 0.15) is 6.92 Å². The van der Waals surface area contributed by atoms with Gasteiger partial charge >= 0.3 is 0 Å². The van der Waals surface area contributed by atoms with E-state index in [0.717, 1.165) is 6.07 Å². The van der Waals surface area contributed by atoms with E-state index in [-0.39, 0.29) is 11.6 Å². The third-order valence-electron chi connectivity index (χ3n) is 2.82. The molecule has 1 amide bonds. The smallest absolute Gasteiger partial charge is 0.233 e. The van der Waals surface area contributed by atoms with Crippen molar-refractivity contribution in [2.24, 2.45) is 5.92 Å². The maximum absolute atomic E-state index is 13.1. The van der Waals surface area contributed by atoms with Gasteiger partial charge in [0.2, 0.25) is 21.9 Å². The molecule has 2 aromatic rings. The van der Waals surface area contributed by atoms with Gasteiger partial charge in [-0.1, -0.05) is 13.0 Å². The van der Waals surface area contributed by atoms with Gasteiger partial charge in [-0.05, 0) is 24.3 Å². The lowest BCUT2D eigenvalue weighted by Gasteiger charge is -2.13. The monoisotopic (exact) mass is 338 g/mol. The Kier molecular flexibility index (Phi) is 5.22. The van der Waals surface area contributed by atoms with Crippen molar-refractivity contribution in [3.8, 4) is 0 Å². The summed E-state index contributed by atoms with van der Waals surface area (Å²) >= 11 is 0. The fraction of sp³-hybridized carbons (Fsp3) is 0.214. The highest BCUT2D eigenvalue weighted by Gasteiger charge is 2.22. The Balaban J connectivity index is 1.97. The zero-order valence-corrected chi connectivity index (χ0v) is 13.0. The summed E-state index contributed by atoms with van der Waals surface area (Å²) in [7, 11) is -3.81. The Labute approximate surface area is 133 Å². The summed E-state index contributed by atoms with van der Waals surface area (Å²) in [6, 6.07) is 6.65. The van der Waals surface area contributed by atoms with Gasteiger partial charge in [-0.15, -0.1) is 0 Å². The van der Waals surface area contributed by atoms with Crippen LogP contribution < -0.4 is 10.0 Å². The van der Waals surface area contributed by atoms with Crippen LogP contribution in [-0.2, 0) is 14.8 Å². The third kappa shape index (κ3) is 5.29. The molecule has 1 unspecified atom stereocenters. The van der Waals surface area contributed by atoms with Crippen LogP contribution in [-0.4, -0.2) is 30.0 Å². The van der Waals surface area contributed by atoms with E-state index in [1.165, 1.54) is 37.5 Å². The fourth-order valence-electron chi connectivity index (χ4n) is 1.78. The van der Waals surface area contributed by atoms with Crippen molar-refractivity contribution in [1.29, 1.82) is 0 Å². The van der Waals surface area contributed by atoms with E-state index >= 15 is 0 Å². The van der Waals surface area contributed by atoms with Gasteiger partial charge < -0.3 is 0 Å². The second kappa shape index (κ2) is 7.14. The van der Waals surface area contributed by atoms with Gasteiger partial charge in [0, 0.05) is 12.4 Å². The Bertz CT molecular complexity index is 784. The first-order valence-corrected chi connectivity index (χ1v) is 8.35. The number of carbonyl (C=O) groups excluding carboxylic acids is 1. The van der Waals surface area contributed by atoms with Crippen molar-refractivity contribution >= 4 is 27.6 Å². The number of hydrogen-bond donors (Lipinski definition) is 2. The van der Waals surface area contributed by atoms with Crippen molar-refractivity contribution in [3.05, 3.63) is 48.5 Å². The molecule has 0 bridgehead atoms. The van der Waals surface area contributed by atoms with Crippen LogP contribution in [0.3, 0.4) is 0 Å². The number of rotatable bonds is 6. The van der Waals surface area contributed by atoms with E-state index < -0.39 is 33.4 Å². The molecule has 9 heteroatoms. The SMILES string of the molecule is CC(CS(=O)(=O)Nc1cccc(F)c1)C(=O)Nc1ncccn1. The molecular weight excluding hydrogens is 323 g/mol. The second-order valence-corrected chi connectivity index (χ2v) is 6.62. The lowest BCUT2D eigenvalue weighted by atomic mass is 10.2. The van der Waals surface area contributed by atoms with Crippen LogP contribution in [0.4, 0.5) is 16.0 Å². The molecule has 0 saturated heterocycles. The molecule has 2 rings (SSSR count). The van der Waals surface area contributed by atoms with E-state index in [0.29, 0.717) is 0 Å². The summed E-state index contributed by atoms with van der Waals surface area (Å²) in [4.78, 5) is 19.6. The number of sulfonamides is 1. The summed E-state index contributed by atoms with van der Waals surface area (Å²) in [5.74, 6) is -2.29.